The molecule has 2 saturated heterocycles. The molecule has 2 aliphatic rings. The maximum Gasteiger partial charge on any atom is 0.246 e. The predicted octanol–water partition coefficient (Wildman–Crippen LogP) is 6.39. The van der Waals surface area contributed by atoms with Gasteiger partial charge in [0.25, 0.3) is 0 Å². The molecule has 0 aliphatic carbocycles. The summed E-state index contributed by atoms with van der Waals surface area (Å²) in [5, 5.41) is 3.13. The van der Waals surface area contributed by atoms with Crippen molar-refractivity contribution in [3.63, 3.8) is 0 Å². The highest BCUT2D eigenvalue weighted by Crippen LogP contribution is 2.25. The molecule has 1 amide bonds. The third-order valence-corrected chi connectivity index (χ3v) is 7.70. The lowest BCUT2D eigenvalue weighted by Gasteiger charge is -2.27. The Hall–Kier alpha value is -3.48. The molecule has 2 fully saturated rings. The molecule has 0 radical (unpaired) electrons. The normalized spacial score (nSPS) is 17.8. The van der Waals surface area contributed by atoms with Gasteiger partial charge in [-0.1, -0.05) is 56.8 Å². The standard InChI is InChI=1S/C33H42N4O2.C2H6/c1-4-8-28(32-22-29(24-38)31(35-32)16-17-34-3)21-25(2)27-13-10-26(11-14-27)12-15-33(39)37-20-7-9-30(37)23-36-18-5-6-19-36;1-2/h4,8,10-15,21-22,24,30,34-35H,2,5-7,9,16-20,23H2,1,3H3;1-2H3/b8-4-,15-12+,28-21+;. The van der Waals surface area contributed by atoms with E-state index in [1.54, 1.807) is 6.08 Å². The van der Waals surface area contributed by atoms with Gasteiger partial charge in [0.1, 0.15) is 0 Å². The van der Waals surface area contributed by atoms with Crippen molar-refractivity contribution in [3.05, 3.63) is 89.3 Å². The number of aromatic amines is 1. The maximum absolute atomic E-state index is 13.0. The lowest BCUT2D eigenvalue weighted by Crippen LogP contribution is -2.41. The fourth-order valence-electron chi connectivity index (χ4n) is 5.55. The van der Waals surface area contributed by atoms with Crippen LogP contribution in [-0.4, -0.2) is 72.8 Å². The van der Waals surface area contributed by atoms with Crippen molar-refractivity contribution >= 4 is 29.4 Å². The first-order valence-electron chi connectivity index (χ1n) is 15.2. The Kier molecular flexibility index (Phi) is 13.1. The molecule has 2 aliphatic heterocycles. The average Bonchev–Trinajstić information content (AvgIpc) is 3.78. The molecule has 0 spiro atoms. The Bertz CT molecular complexity index is 1230. The number of benzene rings is 1. The van der Waals surface area contributed by atoms with Crippen molar-refractivity contribution in [2.45, 2.75) is 58.9 Å². The van der Waals surface area contributed by atoms with Gasteiger partial charge in [-0.3, -0.25) is 9.59 Å². The zero-order chi connectivity index (χ0) is 29.6. The van der Waals surface area contributed by atoms with E-state index >= 15 is 0 Å². The van der Waals surface area contributed by atoms with E-state index in [4.69, 9.17) is 0 Å². The van der Waals surface area contributed by atoms with Crippen LogP contribution >= 0.6 is 0 Å². The molecule has 0 saturated carbocycles. The molecule has 4 rings (SSSR count). The molecule has 1 aromatic carbocycles. The molecule has 6 nitrogen and oxygen atoms in total. The number of H-pyrrole nitrogens is 1. The highest BCUT2D eigenvalue weighted by Gasteiger charge is 2.29. The van der Waals surface area contributed by atoms with Gasteiger partial charge in [-0.05, 0) is 93.2 Å². The Morgan fingerprint density at radius 1 is 1.10 bits per heavy atom. The van der Waals surface area contributed by atoms with E-state index in [0.717, 1.165) is 78.8 Å². The molecular formula is C35H48N4O2. The average molecular weight is 557 g/mol. The minimum atomic E-state index is 0.110. The first kappa shape index (κ1) is 32.0. The number of hydrogen-bond donors (Lipinski definition) is 2. The third-order valence-electron chi connectivity index (χ3n) is 7.70. The fraction of sp³-hybridized carbons (Fsp3) is 0.429. The van der Waals surface area contributed by atoms with E-state index in [-0.39, 0.29) is 5.91 Å². The monoisotopic (exact) mass is 556 g/mol. The van der Waals surface area contributed by atoms with Crippen LogP contribution in [0.5, 0.6) is 0 Å². The van der Waals surface area contributed by atoms with E-state index in [1.807, 2.05) is 82.5 Å². The summed E-state index contributed by atoms with van der Waals surface area (Å²) in [6.45, 7) is 15.3. The van der Waals surface area contributed by atoms with Gasteiger partial charge >= 0.3 is 0 Å². The second kappa shape index (κ2) is 16.7. The second-order valence-corrected chi connectivity index (χ2v) is 10.5. The van der Waals surface area contributed by atoms with Gasteiger partial charge < -0.3 is 20.1 Å². The van der Waals surface area contributed by atoms with Gasteiger partial charge in [-0.15, -0.1) is 0 Å². The summed E-state index contributed by atoms with van der Waals surface area (Å²) < 4.78 is 0. The first-order valence-corrected chi connectivity index (χ1v) is 15.2. The number of nitrogens with one attached hydrogen (secondary N) is 2. The van der Waals surface area contributed by atoms with E-state index in [0.29, 0.717) is 11.6 Å². The van der Waals surface area contributed by atoms with Crippen LogP contribution in [0.25, 0.3) is 17.2 Å². The van der Waals surface area contributed by atoms with Crippen LogP contribution < -0.4 is 5.32 Å². The van der Waals surface area contributed by atoms with Crippen LogP contribution in [0.4, 0.5) is 0 Å². The van der Waals surface area contributed by atoms with Crippen molar-refractivity contribution in [1.82, 2.24) is 20.1 Å². The fourth-order valence-corrected chi connectivity index (χ4v) is 5.55. The van der Waals surface area contributed by atoms with Crippen molar-refractivity contribution in [3.8, 4) is 0 Å². The van der Waals surface area contributed by atoms with Crippen LogP contribution in [0, 0.1) is 0 Å². The highest BCUT2D eigenvalue weighted by atomic mass is 16.2. The largest absolute Gasteiger partial charge is 0.358 e. The van der Waals surface area contributed by atoms with Crippen LogP contribution in [0.2, 0.25) is 0 Å². The highest BCUT2D eigenvalue weighted by molar-refractivity contribution is 5.92. The summed E-state index contributed by atoms with van der Waals surface area (Å²) in [5.74, 6) is 0.110. The smallest absolute Gasteiger partial charge is 0.246 e. The molecular weight excluding hydrogens is 508 g/mol. The number of aromatic nitrogens is 1. The second-order valence-electron chi connectivity index (χ2n) is 10.5. The molecule has 0 bridgehead atoms. The molecule has 1 aromatic heterocycles. The first-order chi connectivity index (χ1) is 20.0. The van der Waals surface area contributed by atoms with Gasteiger partial charge in [0.2, 0.25) is 5.91 Å². The van der Waals surface area contributed by atoms with Gasteiger partial charge in [-0.25, -0.2) is 0 Å². The number of likely N-dealkylation sites (tertiary alicyclic amines) is 2. The van der Waals surface area contributed by atoms with Gasteiger partial charge in [0.05, 0.1) is 0 Å². The molecule has 41 heavy (non-hydrogen) atoms. The lowest BCUT2D eigenvalue weighted by molar-refractivity contribution is -0.127. The van der Waals surface area contributed by atoms with Gasteiger partial charge in [-0.2, -0.15) is 0 Å². The molecule has 1 unspecified atom stereocenters. The number of nitrogens with zero attached hydrogens (tertiary/aromatic N) is 2. The van der Waals surface area contributed by atoms with Gasteiger partial charge in [0, 0.05) is 55.1 Å². The summed E-state index contributed by atoms with van der Waals surface area (Å²) in [6.07, 6.45) is 16.1. The van der Waals surface area contributed by atoms with Crippen LogP contribution in [0.3, 0.4) is 0 Å². The number of carbonyl (C=O) groups is 2. The molecule has 220 valence electrons. The number of amides is 1. The SMILES string of the molecule is C=C(/C=C(\C=C/C)c1cc(C=O)c(CCNC)[nH]1)c1ccc(/C=C/C(=O)N2CCCC2CN2CCCC2)cc1.CC. The Balaban J connectivity index is 0.00000226. The third kappa shape index (κ3) is 9.00. The summed E-state index contributed by atoms with van der Waals surface area (Å²) >= 11 is 0. The van der Waals surface area contributed by atoms with E-state index in [2.05, 4.69) is 26.7 Å². The number of allylic oxidation sites excluding steroid dienone is 5. The number of likely N-dealkylation sites (N-methyl/N-ethyl adjacent to an activating group) is 1. The Labute approximate surface area is 246 Å². The van der Waals surface area contributed by atoms with Crippen LogP contribution in [0.1, 0.15) is 79.3 Å². The number of hydrogen-bond acceptors (Lipinski definition) is 4. The summed E-state index contributed by atoms with van der Waals surface area (Å²) in [7, 11) is 1.90. The molecule has 1 atom stereocenters. The van der Waals surface area contributed by atoms with Crippen molar-refractivity contribution in [1.29, 1.82) is 0 Å². The summed E-state index contributed by atoms with van der Waals surface area (Å²) in [4.78, 5) is 32.5. The van der Waals surface area contributed by atoms with E-state index < -0.39 is 0 Å². The van der Waals surface area contributed by atoms with Crippen LogP contribution in [-0.2, 0) is 11.2 Å². The van der Waals surface area contributed by atoms with Gasteiger partial charge in [0.15, 0.2) is 6.29 Å². The van der Waals surface area contributed by atoms with Crippen molar-refractivity contribution in [2.75, 3.05) is 39.8 Å². The summed E-state index contributed by atoms with van der Waals surface area (Å²) in [6, 6.07) is 10.4. The molecule has 2 aromatic rings. The molecule has 6 heteroatoms. The number of carbonyl (C=O) groups excluding carboxylic acids is 2. The minimum absolute atomic E-state index is 0.110. The topological polar surface area (TPSA) is 68.4 Å². The Morgan fingerprint density at radius 3 is 2.49 bits per heavy atom. The molecule has 2 N–H and O–H groups in total. The number of rotatable bonds is 12. The van der Waals surface area contributed by atoms with Crippen molar-refractivity contribution in [2.24, 2.45) is 0 Å². The predicted molar refractivity (Wildman–Crippen MR) is 173 cm³/mol. The van der Waals surface area contributed by atoms with E-state index in [9.17, 15) is 9.59 Å². The Morgan fingerprint density at radius 2 is 1.83 bits per heavy atom. The van der Waals surface area contributed by atoms with Crippen molar-refractivity contribution < 1.29 is 9.59 Å². The zero-order valence-electron chi connectivity index (χ0n) is 25.4. The quantitative estimate of drug-likeness (QED) is 0.181. The maximum atomic E-state index is 13.0. The van der Waals surface area contributed by atoms with Crippen LogP contribution in [0.15, 0.2) is 61.2 Å². The minimum Gasteiger partial charge on any atom is -0.358 e. The lowest BCUT2D eigenvalue weighted by atomic mass is 10.0. The number of aldehydes is 1. The summed E-state index contributed by atoms with van der Waals surface area (Å²) in [5.41, 5.74) is 6.33. The van der Waals surface area contributed by atoms with E-state index in [1.165, 1.54) is 25.9 Å². The zero-order valence-corrected chi connectivity index (χ0v) is 25.4. The molecule has 3 heterocycles.